The fourth-order valence-corrected chi connectivity index (χ4v) is 4.60. The Morgan fingerprint density at radius 1 is 1.06 bits per heavy atom. The second-order valence-corrected chi connectivity index (χ2v) is 8.94. The molecule has 1 amide bonds. The first-order valence-corrected chi connectivity index (χ1v) is 11.1. The molecular weight excluding hydrogens is 454 g/mol. The van der Waals surface area contributed by atoms with E-state index in [1.165, 1.54) is 29.6 Å². The van der Waals surface area contributed by atoms with Crippen molar-refractivity contribution in [2.45, 2.75) is 9.79 Å². The van der Waals surface area contributed by atoms with E-state index in [0.29, 0.717) is 25.6 Å². The van der Waals surface area contributed by atoms with Crippen LogP contribution in [0.25, 0.3) is 6.08 Å². The molecule has 31 heavy (non-hydrogen) atoms. The molecule has 6 nitrogen and oxygen atoms in total. The van der Waals surface area contributed by atoms with Crippen LogP contribution in [0.2, 0.25) is 5.02 Å². The van der Waals surface area contributed by atoms with Crippen LogP contribution in [-0.4, -0.2) is 16.0 Å². The number of aliphatic imine (C=N–C) groups is 1. The van der Waals surface area contributed by atoms with Crippen LogP contribution in [0.1, 0.15) is 5.56 Å². The lowest BCUT2D eigenvalue weighted by Crippen LogP contribution is -2.19. The van der Waals surface area contributed by atoms with Crippen molar-refractivity contribution in [3.63, 3.8) is 0 Å². The molecule has 0 atom stereocenters. The molecule has 3 aromatic rings. The van der Waals surface area contributed by atoms with Gasteiger partial charge in [0.05, 0.1) is 20.4 Å². The predicted octanol–water partition coefficient (Wildman–Crippen LogP) is 6.29. The number of benzene rings is 3. The minimum absolute atomic E-state index is 0.0316. The number of amidine groups is 1. The normalized spacial score (nSPS) is 16.0. The van der Waals surface area contributed by atoms with E-state index in [2.05, 4.69) is 10.3 Å². The molecule has 0 bridgehead atoms. The number of hydrogen-bond acceptors (Lipinski definition) is 6. The number of nitrogens with one attached hydrogen (secondary N) is 1. The summed E-state index contributed by atoms with van der Waals surface area (Å²) in [4.78, 5) is 29.7. The quantitative estimate of drug-likeness (QED) is 0.270. The van der Waals surface area contributed by atoms with Crippen molar-refractivity contribution in [1.29, 1.82) is 0 Å². The molecule has 0 radical (unpaired) electrons. The minimum Gasteiger partial charge on any atom is -0.300 e. The molecule has 1 aliphatic heterocycles. The zero-order valence-corrected chi connectivity index (χ0v) is 18.2. The first-order valence-electron chi connectivity index (χ1n) is 9.04. The highest BCUT2D eigenvalue weighted by molar-refractivity contribution is 8.18. The van der Waals surface area contributed by atoms with Gasteiger partial charge in [-0.15, -0.1) is 0 Å². The number of halogens is 1. The van der Waals surface area contributed by atoms with Crippen LogP contribution in [0.3, 0.4) is 0 Å². The molecule has 4 rings (SSSR count). The molecule has 154 valence electrons. The Labute approximate surface area is 191 Å². The summed E-state index contributed by atoms with van der Waals surface area (Å²) in [6.45, 7) is 0. The Morgan fingerprint density at radius 3 is 2.52 bits per heavy atom. The molecule has 1 fully saturated rings. The second kappa shape index (κ2) is 9.38. The smallest absolute Gasteiger partial charge is 0.283 e. The van der Waals surface area contributed by atoms with E-state index >= 15 is 0 Å². The summed E-state index contributed by atoms with van der Waals surface area (Å²) in [6.07, 6.45) is 1.62. The molecule has 0 aliphatic carbocycles. The standard InChI is InChI=1S/C22H14ClN3O3S2/c23-15-7-9-17(10-8-15)30-19-11-6-14(12-18(19)26(28)29)13-20-21(27)25-22(31-20)24-16-4-2-1-3-5-16/h1-13H,(H,24,25,27). The van der Waals surface area contributed by atoms with Gasteiger partial charge in [0, 0.05) is 16.0 Å². The van der Waals surface area contributed by atoms with Crippen molar-refractivity contribution in [3.05, 3.63) is 98.4 Å². The Morgan fingerprint density at radius 2 is 1.81 bits per heavy atom. The third-order valence-electron chi connectivity index (χ3n) is 4.16. The highest BCUT2D eigenvalue weighted by Crippen LogP contribution is 2.37. The maximum absolute atomic E-state index is 12.3. The Hall–Kier alpha value is -3.07. The zero-order chi connectivity index (χ0) is 21.8. The van der Waals surface area contributed by atoms with Crippen molar-refractivity contribution in [2.75, 3.05) is 0 Å². The van der Waals surface area contributed by atoms with E-state index in [4.69, 9.17) is 11.6 Å². The summed E-state index contributed by atoms with van der Waals surface area (Å²) in [6, 6.07) is 21.3. The minimum atomic E-state index is -0.426. The van der Waals surface area contributed by atoms with Gasteiger partial charge in [-0.25, -0.2) is 4.99 Å². The highest BCUT2D eigenvalue weighted by Gasteiger charge is 2.24. The van der Waals surface area contributed by atoms with Crippen molar-refractivity contribution in [3.8, 4) is 0 Å². The van der Waals surface area contributed by atoms with Gasteiger partial charge in [0.25, 0.3) is 11.6 Å². The number of carbonyl (C=O) groups is 1. The summed E-state index contributed by atoms with van der Waals surface area (Å²) in [5.41, 5.74) is 1.26. The second-order valence-electron chi connectivity index (χ2n) is 6.36. The molecule has 0 saturated carbocycles. The van der Waals surface area contributed by atoms with Gasteiger partial charge in [-0.05, 0) is 65.9 Å². The Balaban J connectivity index is 1.58. The first kappa shape index (κ1) is 21.2. The van der Waals surface area contributed by atoms with Gasteiger partial charge in [0.15, 0.2) is 5.17 Å². The monoisotopic (exact) mass is 467 g/mol. The molecule has 1 aliphatic rings. The number of thioether (sulfide) groups is 1. The Kier molecular flexibility index (Phi) is 6.41. The van der Waals surface area contributed by atoms with Crippen LogP contribution >= 0.6 is 35.1 Å². The molecular formula is C22H14ClN3O3S2. The van der Waals surface area contributed by atoms with E-state index in [1.54, 1.807) is 42.5 Å². The maximum Gasteiger partial charge on any atom is 0.283 e. The highest BCUT2D eigenvalue weighted by atomic mass is 35.5. The van der Waals surface area contributed by atoms with Crippen molar-refractivity contribution in [1.82, 2.24) is 5.32 Å². The van der Waals surface area contributed by atoms with E-state index in [9.17, 15) is 14.9 Å². The average Bonchev–Trinajstić information content (AvgIpc) is 3.10. The number of nitrogens with zero attached hydrogens (tertiary/aromatic N) is 2. The molecule has 1 N–H and O–H groups in total. The van der Waals surface area contributed by atoms with Crippen LogP contribution in [0.4, 0.5) is 11.4 Å². The number of nitro groups is 1. The molecule has 1 saturated heterocycles. The average molecular weight is 468 g/mol. The van der Waals surface area contributed by atoms with Gasteiger partial charge < -0.3 is 5.32 Å². The zero-order valence-electron chi connectivity index (χ0n) is 15.8. The number of hydrogen-bond donors (Lipinski definition) is 1. The van der Waals surface area contributed by atoms with E-state index in [-0.39, 0.29) is 11.6 Å². The summed E-state index contributed by atoms with van der Waals surface area (Å²) in [5, 5.41) is 15.4. The van der Waals surface area contributed by atoms with E-state index in [0.717, 1.165) is 10.6 Å². The van der Waals surface area contributed by atoms with Gasteiger partial charge >= 0.3 is 0 Å². The van der Waals surface area contributed by atoms with Gasteiger partial charge in [0.2, 0.25) is 0 Å². The first-order chi connectivity index (χ1) is 15.0. The van der Waals surface area contributed by atoms with E-state index in [1.807, 2.05) is 30.3 Å². The Bertz CT molecular complexity index is 1210. The van der Waals surface area contributed by atoms with Gasteiger partial charge in [0.1, 0.15) is 0 Å². The molecule has 3 aromatic carbocycles. The van der Waals surface area contributed by atoms with Crippen molar-refractivity contribution >= 4 is 63.7 Å². The van der Waals surface area contributed by atoms with Crippen LogP contribution < -0.4 is 5.32 Å². The number of para-hydroxylation sites is 1. The molecule has 0 aromatic heterocycles. The molecule has 9 heteroatoms. The molecule has 0 spiro atoms. The van der Waals surface area contributed by atoms with Crippen LogP contribution in [-0.2, 0) is 4.79 Å². The molecule has 0 unspecified atom stereocenters. The van der Waals surface area contributed by atoms with Crippen molar-refractivity contribution in [2.24, 2.45) is 4.99 Å². The fourth-order valence-electron chi connectivity index (χ4n) is 2.73. The van der Waals surface area contributed by atoms with Crippen LogP contribution in [0, 0.1) is 10.1 Å². The number of nitro benzene ring substituents is 1. The lowest BCUT2D eigenvalue weighted by Gasteiger charge is -2.05. The molecule has 1 heterocycles. The lowest BCUT2D eigenvalue weighted by molar-refractivity contribution is -0.387. The third-order valence-corrected chi connectivity index (χ3v) is 6.39. The summed E-state index contributed by atoms with van der Waals surface area (Å²) in [5.74, 6) is -0.290. The lowest BCUT2D eigenvalue weighted by atomic mass is 10.2. The van der Waals surface area contributed by atoms with Crippen LogP contribution in [0.15, 0.2) is 92.5 Å². The summed E-state index contributed by atoms with van der Waals surface area (Å²) < 4.78 is 0. The number of carbonyl (C=O) groups excluding carboxylic acids is 1. The van der Waals surface area contributed by atoms with Gasteiger partial charge in [-0.2, -0.15) is 0 Å². The topological polar surface area (TPSA) is 84.6 Å². The largest absolute Gasteiger partial charge is 0.300 e. The maximum atomic E-state index is 12.3. The summed E-state index contributed by atoms with van der Waals surface area (Å²) >= 11 is 8.37. The number of amides is 1. The van der Waals surface area contributed by atoms with Gasteiger partial charge in [-0.1, -0.05) is 47.6 Å². The number of rotatable bonds is 5. The fraction of sp³-hybridized carbons (Fsp3) is 0. The van der Waals surface area contributed by atoms with Gasteiger partial charge in [-0.3, -0.25) is 14.9 Å². The van der Waals surface area contributed by atoms with E-state index < -0.39 is 4.92 Å². The SMILES string of the molecule is O=C1NC(=Nc2ccccc2)SC1=Cc1ccc(Sc2ccc(Cl)cc2)c([N+](=O)[O-])c1. The van der Waals surface area contributed by atoms with Crippen LogP contribution in [0.5, 0.6) is 0 Å². The third kappa shape index (κ3) is 5.35. The predicted molar refractivity (Wildman–Crippen MR) is 126 cm³/mol. The van der Waals surface area contributed by atoms with Crippen molar-refractivity contribution < 1.29 is 9.72 Å². The summed E-state index contributed by atoms with van der Waals surface area (Å²) in [7, 11) is 0.